The number of hydrogen-bond acceptors (Lipinski definition) is 5. The average Bonchev–Trinajstić information content (AvgIpc) is 2.31. The molecule has 4 atom stereocenters. The van der Waals surface area contributed by atoms with Crippen LogP contribution in [0.2, 0.25) is 25.7 Å². The Bertz CT molecular complexity index is 272. The molecular formula is C13H29NO4Si. The van der Waals surface area contributed by atoms with E-state index in [0.29, 0.717) is 6.54 Å². The van der Waals surface area contributed by atoms with Crippen LogP contribution in [0, 0.1) is 0 Å². The number of aliphatic hydroxyl groups excluding tert-OH is 4. The second-order valence-corrected chi connectivity index (χ2v) is 12.4. The molecule has 0 spiro atoms. The van der Waals surface area contributed by atoms with Crippen LogP contribution in [0.4, 0.5) is 0 Å². The highest BCUT2D eigenvalue weighted by Gasteiger charge is 2.40. The minimum absolute atomic E-state index is 0.195. The first kappa shape index (κ1) is 17.1. The van der Waals surface area contributed by atoms with Crippen molar-refractivity contribution < 1.29 is 20.4 Å². The fraction of sp³-hybridized carbons (Fsp3) is 1.00. The summed E-state index contributed by atoms with van der Waals surface area (Å²) in [5.41, 5.74) is 0. The van der Waals surface area contributed by atoms with Gasteiger partial charge in [-0.1, -0.05) is 32.1 Å². The summed E-state index contributed by atoms with van der Waals surface area (Å²) in [4.78, 5) is 1.90. The van der Waals surface area contributed by atoms with E-state index in [1.165, 1.54) is 6.04 Å². The zero-order chi connectivity index (χ0) is 14.6. The molecule has 0 aromatic rings. The summed E-state index contributed by atoms with van der Waals surface area (Å²) in [6, 6.07) is 0.795. The normalized spacial score (nSPS) is 33.6. The maximum Gasteiger partial charge on any atom is 0.109 e. The third kappa shape index (κ3) is 5.13. The van der Waals surface area contributed by atoms with E-state index in [2.05, 4.69) is 19.6 Å². The van der Waals surface area contributed by atoms with Crippen LogP contribution in [0.5, 0.6) is 0 Å². The van der Waals surface area contributed by atoms with Crippen LogP contribution in [0.15, 0.2) is 0 Å². The molecule has 1 aliphatic heterocycles. The molecule has 1 fully saturated rings. The molecule has 0 bridgehead atoms. The summed E-state index contributed by atoms with van der Waals surface area (Å²) in [5.74, 6) is 0. The average molecular weight is 291 g/mol. The molecule has 1 aliphatic rings. The van der Waals surface area contributed by atoms with E-state index >= 15 is 0 Å². The van der Waals surface area contributed by atoms with Crippen LogP contribution < -0.4 is 0 Å². The lowest BCUT2D eigenvalue weighted by atomic mass is 9.94. The Kier molecular flexibility index (Phi) is 6.42. The van der Waals surface area contributed by atoms with E-state index in [1.54, 1.807) is 0 Å². The van der Waals surface area contributed by atoms with Crippen molar-refractivity contribution in [1.82, 2.24) is 4.90 Å². The highest BCUT2D eigenvalue weighted by atomic mass is 28.3. The number of aliphatic hydroxyl groups is 4. The first-order valence-electron chi connectivity index (χ1n) is 7.15. The number of unbranched alkanes of at least 4 members (excludes halogenated alkanes) is 1. The zero-order valence-electron chi connectivity index (χ0n) is 12.3. The Morgan fingerprint density at radius 3 is 2.21 bits per heavy atom. The lowest BCUT2D eigenvalue weighted by Crippen LogP contribution is -2.62. The molecule has 114 valence electrons. The lowest BCUT2D eigenvalue weighted by Gasteiger charge is -2.43. The fourth-order valence-electron chi connectivity index (χ4n) is 2.61. The molecule has 0 amide bonds. The molecule has 1 heterocycles. The largest absolute Gasteiger partial charge is 0.395 e. The minimum atomic E-state index is -1.16. The van der Waals surface area contributed by atoms with Crippen molar-refractivity contribution in [3.8, 4) is 0 Å². The minimum Gasteiger partial charge on any atom is -0.395 e. The first-order valence-corrected chi connectivity index (χ1v) is 10.9. The summed E-state index contributed by atoms with van der Waals surface area (Å²) in [6.07, 6.45) is -1.04. The van der Waals surface area contributed by atoms with Gasteiger partial charge >= 0.3 is 0 Å². The van der Waals surface area contributed by atoms with Crippen LogP contribution in [0.25, 0.3) is 0 Å². The quantitative estimate of drug-likeness (QED) is 0.404. The molecule has 0 aliphatic carbocycles. The van der Waals surface area contributed by atoms with Crippen molar-refractivity contribution in [1.29, 1.82) is 0 Å². The SMILES string of the molecule is C[Si](C)(C)CCCCN1C[C@H](O)[C@@H](O)[C@H](O)C1CO. The third-order valence-corrected chi connectivity index (χ3v) is 5.69. The van der Waals surface area contributed by atoms with Crippen molar-refractivity contribution in [3.63, 3.8) is 0 Å². The maximum absolute atomic E-state index is 9.86. The maximum atomic E-state index is 9.86. The number of β-amino-alcohol motifs (C(OH)–C–C–N with tert-alkyl or cyclic N) is 1. The molecule has 0 radical (unpaired) electrons. The molecule has 1 rings (SSSR count). The van der Waals surface area contributed by atoms with E-state index < -0.39 is 32.4 Å². The molecule has 0 saturated carbocycles. The van der Waals surface area contributed by atoms with Crippen molar-refractivity contribution in [2.75, 3.05) is 19.7 Å². The van der Waals surface area contributed by atoms with Gasteiger partial charge in [-0.25, -0.2) is 0 Å². The van der Waals surface area contributed by atoms with Crippen molar-refractivity contribution >= 4 is 8.07 Å². The standard InChI is InChI=1S/C13H29NO4Si/c1-19(2,3)7-5-4-6-14-8-11(16)13(18)12(17)10(14)9-15/h10-13,15-18H,4-9H2,1-3H3/t10?,11-,12+,13+/m0/s1. The topological polar surface area (TPSA) is 84.2 Å². The van der Waals surface area contributed by atoms with Crippen LogP contribution in [0.3, 0.4) is 0 Å². The summed E-state index contributed by atoms with van der Waals surface area (Å²) in [7, 11) is -1.01. The second kappa shape index (κ2) is 7.15. The molecular weight excluding hydrogens is 262 g/mol. The van der Waals surface area contributed by atoms with Crippen LogP contribution >= 0.6 is 0 Å². The molecule has 0 aromatic carbocycles. The van der Waals surface area contributed by atoms with Crippen LogP contribution in [-0.2, 0) is 0 Å². The lowest BCUT2D eigenvalue weighted by molar-refractivity contribution is -0.145. The van der Waals surface area contributed by atoms with Gasteiger partial charge in [-0.2, -0.15) is 0 Å². The van der Waals surface area contributed by atoms with E-state index in [-0.39, 0.29) is 6.61 Å². The Hall–Kier alpha value is 0.0169. The van der Waals surface area contributed by atoms with E-state index in [1.807, 2.05) is 4.90 Å². The van der Waals surface area contributed by atoms with Gasteiger partial charge in [-0.05, 0) is 13.0 Å². The fourth-order valence-corrected chi connectivity index (χ4v) is 3.92. The summed E-state index contributed by atoms with van der Waals surface area (Å²) >= 11 is 0. The van der Waals surface area contributed by atoms with Gasteiger partial charge in [0.15, 0.2) is 0 Å². The molecule has 5 nitrogen and oxygen atoms in total. The Morgan fingerprint density at radius 1 is 1.05 bits per heavy atom. The number of nitrogens with zero attached hydrogens (tertiary/aromatic N) is 1. The highest BCUT2D eigenvalue weighted by molar-refractivity contribution is 6.76. The van der Waals surface area contributed by atoms with Gasteiger partial charge in [-0.3, -0.25) is 4.90 Å². The van der Waals surface area contributed by atoms with E-state index in [0.717, 1.165) is 19.4 Å². The summed E-state index contributed by atoms with van der Waals surface area (Å²) in [6.45, 7) is 7.89. The van der Waals surface area contributed by atoms with Crippen molar-refractivity contribution in [2.45, 2.75) is 62.9 Å². The van der Waals surface area contributed by atoms with Gasteiger partial charge in [0.05, 0.1) is 18.8 Å². The third-order valence-electron chi connectivity index (χ3n) is 3.84. The van der Waals surface area contributed by atoms with Crippen LogP contribution in [-0.4, -0.2) is 77.5 Å². The molecule has 0 aromatic heterocycles. The van der Waals surface area contributed by atoms with Gasteiger partial charge < -0.3 is 20.4 Å². The first-order chi connectivity index (χ1) is 8.76. The van der Waals surface area contributed by atoms with Gasteiger partial charge in [0, 0.05) is 14.6 Å². The molecule has 19 heavy (non-hydrogen) atoms. The number of hydrogen-bond donors (Lipinski definition) is 4. The van der Waals surface area contributed by atoms with E-state index in [4.69, 9.17) is 0 Å². The predicted molar refractivity (Wildman–Crippen MR) is 77.9 cm³/mol. The number of piperidine rings is 1. The van der Waals surface area contributed by atoms with E-state index in [9.17, 15) is 20.4 Å². The monoisotopic (exact) mass is 291 g/mol. The Labute approximate surface area is 116 Å². The Morgan fingerprint density at radius 2 is 1.68 bits per heavy atom. The molecule has 1 saturated heterocycles. The zero-order valence-corrected chi connectivity index (χ0v) is 13.3. The molecule has 4 N–H and O–H groups in total. The van der Waals surface area contributed by atoms with Crippen LogP contribution in [0.1, 0.15) is 12.8 Å². The predicted octanol–water partition coefficient (Wildman–Crippen LogP) is -0.136. The van der Waals surface area contributed by atoms with Gasteiger partial charge in [0.25, 0.3) is 0 Å². The molecule has 1 unspecified atom stereocenters. The smallest absolute Gasteiger partial charge is 0.109 e. The van der Waals surface area contributed by atoms with Gasteiger partial charge in [0.1, 0.15) is 12.2 Å². The summed E-state index contributed by atoms with van der Waals surface area (Å²) in [5, 5.41) is 38.5. The Balaban J connectivity index is 2.42. The number of rotatable bonds is 6. The van der Waals surface area contributed by atoms with Gasteiger partial charge in [-0.15, -0.1) is 0 Å². The second-order valence-electron chi connectivity index (χ2n) is 6.81. The van der Waals surface area contributed by atoms with Gasteiger partial charge in [0.2, 0.25) is 0 Å². The summed E-state index contributed by atoms with van der Waals surface area (Å²) < 4.78 is 0. The molecule has 6 heteroatoms. The number of likely N-dealkylation sites (tertiary alicyclic amines) is 1. The van der Waals surface area contributed by atoms with Crippen molar-refractivity contribution in [3.05, 3.63) is 0 Å². The van der Waals surface area contributed by atoms with Crippen molar-refractivity contribution in [2.24, 2.45) is 0 Å². The highest BCUT2D eigenvalue weighted by Crippen LogP contribution is 2.20.